The van der Waals surface area contributed by atoms with Gasteiger partial charge in [-0.25, -0.2) is 0 Å². The summed E-state index contributed by atoms with van der Waals surface area (Å²) in [7, 11) is 0. The van der Waals surface area contributed by atoms with E-state index in [1.54, 1.807) is 4.90 Å². The van der Waals surface area contributed by atoms with E-state index < -0.39 is 30.1 Å². The number of carbonyl (C=O) groups excluding carboxylic acids is 2. The van der Waals surface area contributed by atoms with Crippen molar-refractivity contribution in [2.75, 3.05) is 26.2 Å². The van der Waals surface area contributed by atoms with Crippen molar-refractivity contribution in [3.8, 4) is 0 Å². The van der Waals surface area contributed by atoms with Crippen molar-refractivity contribution in [2.24, 2.45) is 11.7 Å². The van der Waals surface area contributed by atoms with Gasteiger partial charge in [-0.1, -0.05) is 19.3 Å². The van der Waals surface area contributed by atoms with Gasteiger partial charge in [0.25, 0.3) is 0 Å². The van der Waals surface area contributed by atoms with Gasteiger partial charge >= 0.3 is 6.18 Å². The molecule has 2 aliphatic rings. The zero-order valence-electron chi connectivity index (χ0n) is 14.8. The van der Waals surface area contributed by atoms with Crippen LogP contribution in [0.5, 0.6) is 0 Å². The van der Waals surface area contributed by atoms with Crippen molar-refractivity contribution in [1.82, 2.24) is 9.80 Å². The second-order valence-electron chi connectivity index (χ2n) is 7.27. The van der Waals surface area contributed by atoms with E-state index in [2.05, 4.69) is 0 Å². The summed E-state index contributed by atoms with van der Waals surface area (Å²) >= 11 is 0. The fourth-order valence-electron chi connectivity index (χ4n) is 3.89. The van der Waals surface area contributed by atoms with Crippen LogP contribution in [-0.4, -0.2) is 59.5 Å². The van der Waals surface area contributed by atoms with Crippen LogP contribution in [-0.2, 0) is 9.59 Å². The summed E-state index contributed by atoms with van der Waals surface area (Å²) in [6, 6.07) is 0. The maximum atomic E-state index is 12.8. The van der Waals surface area contributed by atoms with Crippen molar-refractivity contribution >= 4 is 11.8 Å². The predicted octanol–water partition coefficient (Wildman–Crippen LogP) is 2.30. The molecular formula is C17H28F3N3O2. The molecule has 2 N–H and O–H groups in total. The van der Waals surface area contributed by atoms with E-state index in [4.69, 9.17) is 5.73 Å². The van der Waals surface area contributed by atoms with E-state index in [9.17, 15) is 22.8 Å². The van der Waals surface area contributed by atoms with Gasteiger partial charge in [0.05, 0.1) is 11.5 Å². The summed E-state index contributed by atoms with van der Waals surface area (Å²) in [6.45, 7) is 0.988. The number of nitrogens with two attached hydrogens (primary N) is 1. The molecule has 1 saturated carbocycles. The first kappa shape index (κ1) is 20.0. The third-order valence-corrected chi connectivity index (χ3v) is 5.29. The van der Waals surface area contributed by atoms with Crippen LogP contribution in [0.15, 0.2) is 0 Å². The van der Waals surface area contributed by atoms with Crippen LogP contribution in [0.1, 0.15) is 51.9 Å². The zero-order valence-corrected chi connectivity index (χ0v) is 14.8. The van der Waals surface area contributed by atoms with Gasteiger partial charge in [-0.05, 0) is 32.6 Å². The molecule has 0 spiro atoms. The molecule has 1 aliphatic carbocycles. The van der Waals surface area contributed by atoms with Crippen LogP contribution >= 0.6 is 0 Å². The molecular weight excluding hydrogens is 335 g/mol. The first-order valence-electron chi connectivity index (χ1n) is 9.10. The number of amides is 2. The van der Waals surface area contributed by atoms with Crippen molar-refractivity contribution in [3.63, 3.8) is 0 Å². The maximum Gasteiger partial charge on any atom is 0.406 e. The zero-order chi connectivity index (χ0) is 18.7. The van der Waals surface area contributed by atoms with Gasteiger partial charge in [-0.15, -0.1) is 0 Å². The molecule has 1 heterocycles. The number of hydrogen-bond donors (Lipinski definition) is 1. The Bertz CT molecular complexity index is 490. The molecule has 2 fully saturated rings. The minimum atomic E-state index is -4.42. The first-order valence-corrected chi connectivity index (χ1v) is 9.10. The number of nitrogens with zero attached hydrogens (tertiary/aromatic N) is 2. The lowest BCUT2D eigenvalue weighted by molar-refractivity contribution is -0.165. The highest BCUT2D eigenvalue weighted by molar-refractivity contribution is 5.87. The molecule has 1 aliphatic heterocycles. The van der Waals surface area contributed by atoms with E-state index in [-0.39, 0.29) is 19.0 Å². The smallest absolute Gasteiger partial charge is 0.340 e. The number of likely N-dealkylation sites (tertiary alicyclic amines) is 1. The van der Waals surface area contributed by atoms with Crippen molar-refractivity contribution < 1.29 is 22.8 Å². The first-order chi connectivity index (χ1) is 11.7. The third kappa shape index (κ3) is 5.09. The van der Waals surface area contributed by atoms with Gasteiger partial charge in [0.2, 0.25) is 11.8 Å². The molecule has 0 aromatic heterocycles. The number of alkyl halides is 3. The number of hydrogen-bond acceptors (Lipinski definition) is 3. The average Bonchev–Trinajstić information content (AvgIpc) is 2.58. The highest BCUT2D eigenvalue weighted by atomic mass is 19.4. The van der Waals surface area contributed by atoms with Crippen LogP contribution in [0, 0.1) is 5.92 Å². The number of piperidine rings is 1. The molecule has 5 nitrogen and oxygen atoms in total. The SMILES string of the molecule is CCN(CC(F)(F)F)C(=O)C1CCCN(C(=O)C2(N)CCCCC2)C1. The second-order valence-corrected chi connectivity index (χ2v) is 7.27. The summed E-state index contributed by atoms with van der Waals surface area (Å²) in [4.78, 5) is 27.7. The molecule has 1 atom stereocenters. The summed E-state index contributed by atoms with van der Waals surface area (Å²) in [5.74, 6) is -1.25. The van der Waals surface area contributed by atoms with Gasteiger partial charge in [-0.3, -0.25) is 9.59 Å². The third-order valence-electron chi connectivity index (χ3n) is 5.29. The Kier molecular flexibility index (Phi) is 6.35. The van der Waals surface area contributed by atoms with Crippen LogP contribution in [0.3, 0.4) is 0 Å². The Hall–Kier alpha value is -1.31. The largest absolute Gasteiger partial charge is 0.406 e. The molecule has 1 saturated heterocycles. The number of halogens is 3. The van der Waals surface area contributed by atoms with Gasteiger partial charge in [0.15, 0.2) is 0 Å². The van der Waals surface area contributed by atoms with Crippen LogP contribution in [0.4, 0.5) is 13.2 Å². The molecule has 1 unspecified atom stereocenters. The quantitative estimate of drug-likeness (QED) is 0.833. The molecule has 2 amide bonds. The normalized spacial score (nSPS) is 24.0. The molecule has 0 aromatic rings. The molecule has 0 bridgehead atoms. The van der Waals surface area contributed by atoms with Gasteiger partial charge in [-0.2, -0.15) is 13.2 Å². The Labute approximate surface area is 146 Å². The van der Waals surface area contributed by atoms with E-state index in [0.29, 0.717) is 32.2 Å². The molecule has 8 heteroatoms. The summed E-state index contributed by atoms with van der Waals surface area (Å²) in [6.07, 6.45) is 0.860. The minimum absolute atomic E-state index is 0.00359. The average molecular weight is 363 g/mol. The molecule has 2 rings (SSSR count). The summed E-state index contributed by atoms with van der Waals surface area (Å²) in [5.41, 5.74) is 5.41. The standard InChI is InChI=1S/C17H28F3N3O2/c1-2-22(12-17(18,19)20)14(24)13-7-6-10-23(11-13)15(25)16(21)8-4-3-5-9-16/h13H,2-12,21H2,1H3. The molecule has 0 radical (unpaired) electrons. The van der Waals surface area contributed by atoms with Crippen molar-refractivity contribution in [1.29, 1.82) is 0 Å². The highest BCUT2D eigenvalue weighted by Crippen LogP contribution is 2.30. The lowest BCUT2D eigenvalue weighted by atomic mass is 9.81. The van der Waals surface area contributed by atoms with Crippen LogP contribution < -0.4 is 5.73 Å². The van der Waals surface area contributed by atoms with Gasteiger partial charge < -0.3 is 15.5 Å². The topological polar surface area (TPSA) is 66.6 Å². The van der Waals surface area contributed by atoms with Crippen LogP contribution in [0.2, 0.25) is 0 Å². The van der Waals surface area contributed by atoms with E-state index >= 15 is 0 Å². The predicted molar refractivity (Wildman–Crippen MR) is 87.6 cm³/mol. The Morgan fingerprint density at radius 3 is 2.40 bits per heavy atom. The fourth-order valence-corrected chi connectivity index (χ4v) is 3.89. The molecule has 0 aromatic carbocycles. The monoisotopic (exact) mass is 363 g/mol. The van der Waals surface area contributed by atoms with Crippen molar-refractivity contribution in [2.45, 2.75) is 63.6 Å². The maximum absolute atomic E-state index is 12.8. The fraction of sp³-hybridized carbons (Fsp3) is 0.882. The summed E-state index contributed by atoms with van der Waals surface area (Å²) < 4.78 is 37.9. The van der Waals surface area contributed by atoms with E-state index in [1.165, 1.54) is 6.92 Å². The second kappa shape index (κ2) is 7.93. The van der Waals surface area contributed by atoms with E-state index in [1.807, 2.05) is 0 Å². The van der Waals surface area contributed by atoms with Crippen molar-refractivity contribution in [3.05, 3.63) is 0 Å². The Balaban J connectivity index is 2.01. The van der Waals surface area contributed by atoms with Gasteiger partial charge in [0.1, 0.15) is 6.54 Å². The number of carbonyl (C=O) groups is 2. The number of rotatable bonds is 4. The van der Waals surface area contributed by atoms with Gasteiger partial charge in [0, 0.05) is 19.6 Å². The molecule has 144 valence electrons. The Morgan fingerprint density at radius 2 is 1.84 bits per heavy atom. The molecule has 25 heavy (non-hydrogen) atoms. The lowest BCUT2D eigenvalue weighted by Crippen LogP contribution is -2.59. The minimum Gasteiger partial charge on any atom is -0.340 e. The summed E-state index contributed by atoms with van der Waals surface area (Å²) in [5, 5.41) is 0. The van der Waals surface area contributed by atoms with E-state index in [0.717, 1.165) is 24.2 Å². The Morgan fingerprint density at radius 1 is 1.20 bits per heavy atom. The highest BCUT2D eigenvalue weighted by Gasteiger charge is 2.42. The lowest BCUT2D eigenvalue weighted by Gasteiger charge is -2.41. The van der Waals surface area contributed by atoms with Crippen LogP contribution in [0.25, 0.3) is 0 Å².